The molecule has 2 rings (SSSR count). The highest BCUT2D eigenvalue weighted by molar-refractivity contribution is 5.76. The summed E-state index contributed by atoms with van der Waals surface area (Å²) < 4.78 is 11.0. The Bertz CT molecular complexity index is 609. The maximum atomic E-state index is 12.5. The molecule has 4 atom stereocenters. The van der Waals surface area contributed by atoms with E-state index >= 15 is 0 Å². The van der Waals surface area contributed by atoms with Crippen molar-refractivity contribution < 1.29 is 33.9 Å². The summed E-state index contributed by atoms with van der Waals surface area (Å²) in [7, 11) is 0. The average molecular weight is 413 g/mol. The third-order valence-corrected chi connectivity index (χ3v) is 6.15. The van der Waals surface area contributed by atoms with E-state index < -0.39 is 17.7 Å². The summed E-state index contributed by atoms with van der Waals surface area (Å²) in [6, 6.07) is 0. The molecule has 0 amide bonds. The zero-order valence-electron chi connectivity index (χ0n) is 18.5. The second-order valence-electron chi connectivity index (χ2n) is 10.1. The molecule has 1 aliphatic heterocycles. The Labute approximate surface area is 173 Å². The molecule has 7 heteroatoms. The summed E-state index contributed by atoms with van der Waals surface area (Å²) in [4.78, 5) is 33.9. The van der Waals surface area contributed by atoms with Crippen molar-refractivity contribution in [1.29, 1.82) is 0 Å². The molecule has 1 saturated heterocycles. The highest BCUT2D eigenvalue weighted by Crippen LogP contribution is 2.44. The minimum absolute atomic E-state index is 0.0409. The molecule has 0 radical (unpaired) electrons. The lowest BCUT2D eigenvalue weighted by Crippen LogP contribution is -2.44. The van der Waals surface area contributed by atoms with Crippen LogP contribution < -0.4 is 0 Å². The summed E-state index contributed by atoms with van der Waals surface area (Å²) in [6.07, 6.45) is 1.55. The molecule has 0 spiro atoms. The number of hydrogen-bond acceptors (Lipinski definition) is 7. The molecular weight excluding hydrogens is 376 g/mol. The first-order chi connectivity index (χ1) is 13.5. The van der Waals surface area contributed by atoms with Gasteiger partial charge in [-0.05, 0) is 56.3 Å². The number of rotatable bonds is 6. The van der Waals surface area contributed by atoms with Crippen LogP contribution in [0.4, 0.5) is 0 Å². The van der Waals surface area contributed by atoms with Gasteiger partial charge in [0.1, 0.15) is 5.41 Å². The number of hydrogen-bond donors (Lipinski definition) is 1. The lowest BCUT2D eigenvalue weighted by atomic mass is 9.64. The minimum Gasteiger partial charge on any atom is -0.393 e. The van der Waals surface area contributed by atoms with Crippen molar-refractivity contribution in [2.24, 2.45) is 28.6 Å². The van der Waals surface area contributed by atoms with Crippen LogP contribution in [0.15, 0.2) is 5.76 Å². The standard InChI is InChI=1S/C22H36O7/c1-14-10-15(12-17(18(14)24)21(2,3)4)11-16(13-23)28-29-19(25)22(5,6)20-26-8-7-9-27-20/h14-15,17-18,20,24H,7-12H2,1-6H3. The average Bonchev–Trinajstić information content (AvgIpc) is 2.67. The summed E-state index contributed by atoms with van der Waals surface area (Å²) in [5.74, 6) is 1.43. The first-order valence-electron chi connectivity index (χ1n) is 10.5. The Morgan fingerprint density at radius 3 is 2.28 bits per heavy atom. The molecule has 2 aliphatic rings. The second-order valence-corrected chi connectivity index (χ2v) is 10.1. The van der Waals surface area contributed by atoms with Crippen LogP contribution in [-0.4, -0.2) is 42.6 Å². The molecule has 1 saturated carbocycles. The number of aliphatic hydroxyl groups is 1. The van der Waals surface area contributed by atoms with E-state index in [0.717, 1.165) is 19.3 Å². The maximum Gasteiger partial charge on any atom is 0.366 e. The molecule has 29 heavy (non-hydrogen) atoms. The summed E-state index contributed by atoms with van der Waals surface area (Å²) in [6.45, 7) is 12.7. The molecule has 166 valence electrons. The fourth-order valence-corrected chi connectivity index (χ4v) is 4.24. The molecule has 0 aromatic rings. The van der Waals surface area contributed by atoms with E-state index in [2.05, 4.69) is 20.8 Å². The van der Waals surface area contributed by atoms with E-state index in [0.29, 0.717) is 19.6 Å². The lowest BCUT2D eigenvalue weighted by Gasteiger charge is -2.44. The van der Waals surface area contributed by atoms with Gasteiger partial charge in [0.25, 0.3) is 0 Å². The topological polar surface area (TPSA) is 91.3 Å². The molecule has 1 aliphatic carbocycles. The van der Waals surface area contributed by atoms with Crippen LogP contribution in [-0.2, 0) is 28.8 Å². The molecule has 7 nitrogen and oxygen atoms in total. The number of carbonyl (C=O) groups is 1. The largest absolute Gasteiger partial charge is 0.393 e. The molecule has 1 N–H and O–H groups in total. The van der Waals surface area contributed by atoms with Crippen LogP contribution >= 0.6 is 0 Å². The van der Waals surface area contributed by atoms with Gasteiger partial charge in [0.15, 0.2) is 12.2 Å². The smallest absolute Gasteiger partial charge is 0.366 e. The fourth-order valence-electron chi connectivity index (χ4n) is 4.24. The summed E-state index contributed by atoms with van der Waals surface area (Å²) in [5.41, 5.74) is -1.12. The van der Waals surface area contributed by atoms with Gasteiger partial charge in [-0.15, -0.1) is 0 Å². The van der Waals surface area contributed by atoms with Crippen LogP contribution in [0.1, 0.15) is 67.2 Å². The number of carbonyl (C=O) groups excluding carboxylic acids is 2. The second kappa shape index (κ2) is 9.61. The summed E-state index contributed by atoms with van der Waals surface area (Å²) in [5, 5.41) is 10.6. The first-order valence-corrected chi connectivity index (χ1v) is 10.5. The van der Waals surface area contributed by atoms with Crippen molar-refractivity contribution in [2.45, 2.75) is 79.6 Å². The van der Waals surface area contributed by atoms with Crippen LogP contribution in [0.25, 0.3) is 0 Å². The van der Waals surface area contributed by atoms with Gasteiger partial charge in [0.05, 0.1) is 19.3 Å². The molecule has 4 unspecified atom stereocenters. The van der Waals surface area contributed by atoms with Crippen molar-refractivity contribution >= 4 is 11.9 Å². The van der Waals surface area contributed by atoms with Gasteiger partial charge in [0, 0.05) is 6.42 Å². The van der Waals surface area contributed by atoms with Crippen LogP contribution in [0.5, 0.6) is 0 Å². The Kier molecular flexibility index (Phi) is 7.91. The third kappa shape index (κ3) is 6.05. The number of ether oxygens (including phenoxy) is 2. The molecular formula is C22H36O7. The van der Waals surface area contributed by atoms with E-state index in [9.17, 15) is 14.7 Å². The van der Waals surface area contributed by atoms with E-state index in [1.807, 2.05) is 6.92 Å². The quantitative estimate of drug-likeness (QED) is 0.309. The van der Waals surface area contributed by atoms with E-state index in [4.69, 9.17) is 19.2 Å². The van der Waals surface area contributed by atoms with Crippen LogP contribution in [0, 0.1) is 28.6 Å². The van der Waals surface area contributed by atoms with Gasteiger partial charge in [-0.3, -0.25) is 4.89 Å². The highest BCUT2D eigenvalue weighted by Gasteiger charge is 2.43. The van der Waals surface area contributed by atoms with Crippen molar-refractivity contribution in [3.8, 4) is 0 Å². The monoisotopic (exact) mass is 412 g/mol. The van der Waals surface area contributed by atoms with Gasteiger partial charge in [-0.25, -0.2) is 14.5 Å². The fraction of sp³-hybridized carbons (Fsp3) is 0.864. The Balaban J connectivity index is 1.93. The van der Waals surface area contributed by atoms with Crippen molar-refractivity contribution in [3.05, 3.63) is 5.76 Å². The van der Waals surface area contributed by atoms with Crippen molar-refractivity contribution in [1.82, 2.24) is 0 Å². The van der Waals surface area contributed by atoms with Crippen molar-refractivity contribution in [3.63, 3.8) is 0 Å². The SMILES string of the molecule is CC1CC(CC(=C=O)OOC(=O)C(C)(C)C2OCCCO2)CC(C(C)(C)C)C1O. The van der Waals surface area contributed by atoms with Crippen molar-refractivity contribution in [2.75, 3.05) is 13.2 Å². The highest BCUT2D eigenvalue weighted by atomic mass is 17.2. The zero-order valence-corrected chi connectivity index (χ0v) is 18.5. The Hall–Kier alpha value is -1.40. The number of aliphatic hydroxyl groups excluding tert-OH is 1. The van der Waals surface area contributed by atoms with Crippen LogP contribution in [0.3, 0.4) is 0 Å². The normalized spacial score (nSPS) is 29.1. The van der Waals surface area contributed by atoms with Gasteiger partial charge in [-0.1, -0.05) is 27.7 Å². The molecule has 1 heterocycles. The predicted molar refractivity (Wildman–Crippen MR) is 106 cm³/mol. The van der Waals surface area contributed by atoms with Gasteiger partial charge in [-0.2, -0.15) is 0 Å². The third-order valence-electron chi connectivity index (χ3n) is 6.15. The molecule has 0 bridgehead atoms. The van der Waals surface area contributed by atoms with Gasteiger partial charge >= 0.3 is 5.97 Å². The molecule has 0 aromatic heterocycles. The van der Waals surface area contributed by atoms with Gasteiger partial charge in [0.2, 0.25) is 5.76 Å². The minimum atomic E-state index is -1.07. The maximum absolute atomic E-state index is 12.5. The number of allylic oxidation sites excluding steroid dienone is 1. The summed E-state index contributed by atoms with van der Waals surface area (Å²) >= 11 is 0. The Morgan fingerprint density at radius 2 is 1.72 bits per heavy atom. The van der Waals surface area contributed by atoms with Gasteiger partial charge < -0.3 is 14.6 Å². The predicted octanol–water partition coefficient (Wildman–Crippen LogP) is 3.43. The van der Waals surface area contributed by atoms with E-state index in [1.54, 1.807) is 19.8 Å². The zero-order chi connectivity index (χ0) is 21.8. The first kappa shape index (κ1) is 23.9. The Morgan fingerprint density at radius 1 is 1.10 bits per heavy atom. The molecule has 0 aromatic carbocycles. The molecule has 2 fully saturated rings. The lowest BCUT2D eigenvalue weighted by molar-refractivity contribution is -0.282. The van der Waals surface area contributed by atoms with E-state index in [-0.39, 0.29) is 35.0 Å². The van der Waals surface area contributed by atoms with Crippen LogP contribution in [0.2, 0.25) is 0 Å². The van der Waals surface area contributed by atoms with E-state index in [1.165, 1.54) is 0 Å².